The van der Waals surface area contributed by atoms with Crippen molar-refractivity contribution in [2.75, 3.05) is 19.6 Å². The average Bonchev–Trinajstić information content (AvgIpc) is 2.36. The molecule has 0 aromatic heterocycles. The first-order valence-electron chi connectivity index (χ1n) is 7.43. The van der Waals surface area contributed by atoms with E-state index in [2.05, 4.69) is 31.4 Å². The van der Waals surface area contributed by atoms with Gasteiger partial charge in [-0.3, -0.25) is 0 Å². The molecule has 17 heavy (non-hydrogen) atoms. The van der Waals surface area contributed by atoms with Gasteiger partial charge in [-0.05, 0) is 62.3 Å². The van der Waals surface area contributed by atoms with E-state index in [9.17, 15) is 0 Å². The summed E-state index contributed by atoms with van der Waals surface area (Å²) in [7, 11) is 0. The van der Waals surface area contributed by atoms with Crippen molar-refractivity contribution in [2.45, 2.75) is 58.4 Å². The lowest BCUT2D eigenvalue weighted by atomic mass is 9.56. The third-order valence-electron chi connectivity index (χ3n) is 6.66. The van der Waals surface area contributed by atoms with Gasteiger partial charge >= 0.3 is 0 Å². The molecule has 2 unspecified atom stereocenters. The summed E-state index contributed by atoms with van der Waals surface area (Å²) in [5.41, 5.74) is 1.39. The van der Waals surface area contributed by atoms with Gasteiger partial charge in [-0.1, -0.05) is 13.8 Å². The maximum atomic E-state index is 3.88. The van der Waals surface area contributed by atoms with Crippen LogP contribution in [0.3, 0.4) is 0 Å². The van der Waals surface area contributed by atoms with E-state index in [1.807, 2.05) is 0 Å². The summed E-state index contributed by atoms with van der Waals surface area (Å²) in [5.74, 6) is 0.878. The van der Waals surface area contributed by atoms with Crippen LogP contribution in [0.5, 0.6) is 0 Å². The maximum Gasteiger partial charge on any atom is 0.0306 e. The molecule has 2 atom stereocenters. The van der Waals surface area contributed by atoms with Gasteiger partial charge in [0.2, 0.25) is 0 Å². The van der Waals surface area contributed by atoms with Crippen LogP contribution >= 0.6 is 0 Å². The summed E-state index contributed by atoms with van der Waals surface area (Å²) in [5, 5.41) is 7.65. The molecule has 4 bridgehead atoms. The second-order valence-corrected chi connectivity index (χ2v) is 7.59. The molecule has 5 saturated heterocycles. The zero-order valence-electron chi connectivity index (χ0n) is 11.7. The Morgan fingerprint density at radius 2 is 1.59 bits per heavy atom. The Labute approximate surface area is 106 Å². The highest BCUT2D eigenvalue weighted by atomic mass is 15.1. The van der Waals surface area contributed by atoms with Crippen LogP contribution in [0.4, 0.5) is 0 Å². The Bertz CT molecular complexity index is 292. The lowest BCUT2D eigenvalue weighted by Crippen LogP contribution is -2.57. The van der Waals surface area contributed by atoms with E-state index in [0.717, 1.165) is 12.5 Å². The fraction of sp³-hybridized carbons (Fsp3) is 1.00. The molecule has 0 amide bonds. The monoisotopic (exact) mass is 236 g/mol. The van der Waals surface area contributed by atoms with Crippen molar-refractivity contribution in [1.29, 1.82) is 0 Å². The lowest BCUT2D eigenvalue weighted by molar-refractivity contribution is 0.0186. The second-order valence-electron chi connectivity index (χ2n) is 7.59. The molecule has 6 fully saturated rings. The highest BCUT2D eigenvalue weighted by Gasteiger charge is 2.51. The molecular formula is C15H28N2. The van der Waals surface area contributed by atoms with Crippen LogP contribution in [0.1, 0.15) is 52.9 Å². The van der Waals surface area contributed by atoms with Crippen LogP contribution < -0.4 is 10.6 Å². The van der Waals surface area contributed by atoms with E-state index < -0.39 is 0 Å². The molecular weight excluding hydrogens is 208 g/mol. The zero-order chi connectivity index (χ0) is 12.1. The largest absolute Gasteiger partial charge is 0.314 e. The van der Waals surface area contributed by atoms with E-state index in [4.69, 9.17) is 0 Å². The minimum atomic E-state index is 0.340. The Balaban J connectivity index is 2.03. The van der Waals surface area contributed by atoms with Crippen LogP contribution in [-0.4, -0.2) is 25.2 Å². The first-order chi connectivity index (χ1) is 7.98. The van der Waals surface area contributed by atoms with Crippen molar-refractivity contribution in [3.8, 4) is 0 Å². The van der Waals surface area contributed by atoms with Crippen molar-refractivity contribution in [3.63, 3.8) is 0 Å². The SMILES string of the molecule is CC12CNCC(C)(CCN1)C1(C)CCC2CC1. The van der Waals surface area contributed by atoms with Gasteiger partial charge in [0.05, 0.1) is 0 Å². The second kappa shape index (κ2) is 3.71. The summed E-state index contributed by atoms with van der Waals surface area (Å²) < 4.78 is 0. The Hall–Kier alpha value is -0.0800. The van der Waals surface area contributed by atoms with Crippen molar-refractivity contribution in [2.24, 2.45) is 16.7 Å². The van der Waals surface area contributed by atoms with E-state index >= 15 is 0 Å². The van der Waals surface area contributed by atoms with Crippen LogP contribution in [0.25, 0.3) is 0 Å². The summed E-state index contributed by atoms with van der Waals surface area (Å²) in [4.78, 5) is 0. The molecule has 0 radical (unpaired) electrons. The van der Waals surface area contributed by atoms with Gasteiger partial charge in [-0.2, -0.15) is 0 Å². The molecule has 2 N–H and O–H groups in total. The molecule has 0 aromatic carbocycles. The molecule has 1 saturated carbocycles. The minimum Gasteiger partial charge on any atom is -0.314 e. The van der Waals surface area contributed by atoms with Crippen molar-refractivity contribution < 1.29 is 0 Å². The predicted molar refractivity (Wildman–Crippen MR) is 72.1 cm³/mol. The zero-order valence-corrected chi connectivity index (χ0v) is 11.7. The smallest absolute Gasteiger partial charge is 0.0306 e. The van der Waals surface area contributed by atoms with Crippen molar-refractivity contribution >= 4 is 0 Å². The normalized spacial score (nSPS) is 54.9. The van der Waals surface area contributed by atoms with Gasteiger partial charge in [0.1, 0.15) is 0 Å². The fourth-order valence-electron chi connectivity index (χ4n) is 4.67. The molecule has 98 valence electrons. The number of nitrogens with one attached hydrogen (secondary N) is 2. The summed E-state index contributed by atoms with van der Waals surface area (Å²) >= 11 is 0. The van der Waals surface area contributed by atoms with Gasteiger partial charge < -0.3 is 10.6 Å². The molecule has 0 spiro atoms. The van der Waals surface area contributed by atoms with Crippen LogP contribution in [-0.2, 0) is 0 Å². The van der Waals surface area contributed by atoms with E-state index in [1.165, 1.54) is 45.2 Å². The summed E-state index contributed by atoms with van der Waals surface area (Å²) in [6, 6.07) is 0. The van der Waals surface area contributed by atoms with Crippen LogP contribution in [0.2, 0.25) is 0 Å². The molecule has 2 heteroatoms. The minimum absolute atomic E-state index is 0.340. The van der Waals surface area contributed by atoms with Gasteiger partial charge in [0.25, 0.3) is 0 Å². The molecule has 5 heterocycles. The molecule has 6 aliphatic rings. The predicted octanol–water partition coefficient (Wildman–Crippen LogP) is 2.54. The molecule has 1 aliphatic carbocycles. The van der Waals surface area contributed by atoms with Crippen LogP contribution in [0, 0.1) is 16.7 Å². The average molecular weight is 236 g/mol. The van der Waals surface area contributed by atoms with Gasteiger partial charge in [0.15, 0.2) is 0 Å². The van der Waals surface area contributed by atoms with Crippen molar-refractivity contribution in [3.05, 3.63) is 0 Å². The standard InChI is InChI=1S/C15H28N2/c1-13-6-4-12(5-7-13)15(3)11-16-10-14(13,2)8-9-17-15/h12,16-17H,4-11H2,1-3H3. The van der Waals surface area contributed by atoms with Gasteiger partial charge in [-0.15, -0.1) is 0 Å². The van der Waals surface area contributed by atoms with Gasteiger partial charge in [-0.25, -0.2) is 0 Å². The Morgan fingerprint density at radius 1 is 0.882 bits per heavy atom. The first-order valence-corrected chi connectivity index (χ1v) is 7.43. The quantitative estimate of drug-likeness (QED) is 0.675. The van der Waals surface area contributed by atoms with Gasteiger partial charge in [0, 0.05) is 18.6 Å². The lowest BCUT2D eigenvalue weighted by Gasteiger charge is -2.49. The highest BCUT2D eigenvalue weighted by Crippen LogP contribution is 2.55. The van der Waals surface area contributed by atoms with Crippen LogP contribution in [0.15, 0.2) is 0 Å². The Kier molecular flexibility index (Phi) is 2.61. The first kappa shape index (κ1) is 12.0. The molecule has 6 rings (SSSR count). The summed E-state index contributed by atoms with van der Waals surface area (Å²) in [6.07, 6.45) is 7.06. The third-order valence-corrected chi connectivity index (χ3v) is 6.66. The molecule has 2 nitrogen and oxygen atoms in total. The van der Waals surface area contributed by atoms with E-state index in [-0.39, 0.29) is 0 Å². The third kappa shape index (κ3) is 1.67. The van der Waals surface area contributed by atoms with Crippen molar-refractivity contribution in [1.82, 2.24) is 10.6 Å². The topological polar surface area (TPSA) is 24.1 Å². The Morgan fingerprint density at radius 3 is 2.29 bits per heavy atom. The number of hydrogen-bond acceptors (Lipinski definition) is 2. The fourth-order valence-corrected chi connectivity index (χ4v) is 4.67. The number of rotatable bonds is 0. The van der Waals surface area contributed by atoms with E-state index in [1.54, 1.807) is 0 Å². The van der Waals surface area contributed by atoms with E-state index in [0.29, 0.717) is 16.4 Å². The molecule has 5 aliphatic heterocycles. The maximum absolute atomic E-state index is 3.88. The summed E-state index contributed by atoms with van der Waals surface area (Å²) in [6.45, 7) is 11.1. The number of hydrogen-bond donors (Lipinski definition) is 2. The molecule has 0 aromatic rings. The highest BCUT2D eigenvalue weighted by molar-refractivity contribution is 5.06.